The van der Waals surface area contributed by atoms with E-state index in [1.165, 1.54) is 0 Å². The van der Waals surface area contributed by atoms with Gasteiger partial charge in [0.05, 0.1) is 17.2 Å². The smallest absolute Gasteiger partial charge is 0.253 e. The van der Waals surface area contributed by atoms with Crippen LogP contribution in [0.25, 0.3) is 0 Å². The Hall–Kier alpha value is -3.15. The largest absolute Gasteiger partial charge is 0.348 e. The lowest BCUT2D eigenvalue weighted by Crippen LogP contribution is -2.35. The van der Waals surface area contributed by atoms with Gasteiger partial charge in [0.25, 0.3) is 5.91 Å². The molecular formula is C24H27N3O3. The molecule has 0 spiro atoms. The molecule has 1 aliphatic carbocycles. The van der Waals surface area contributed by atoms with E-state index < -0.39 is 0 Å². The zero-order valence-electron chi connectivity index (χ0n) is 17.0. The minimum atomic E-state index is -0.376. The summed E-state index contributed by atoms with van der Waals surface area (Å²) in [5.41, 5.74) is 1.89. The first kappa shape index (κ1) is 20.1. The lowest BCUT2D eigenvalue weighted by Gasteiger charge is -2.24. The van der Waals surface area contributed by atoms with Crippen molar-refractivity contribution in [2.75, 3.05) is 11.9 Å². The molecule has 156 valence electrons. The van der Waals surface area contributed by atoms with Gasteiger partial charge < -0.3 is 15.5 Å². The van der Waals surface area contributed by atoms with Gasteiger partial charge in [0.15, 0.2) is 0 Å². The summed E-state index contributed by atoms with van der Waals surface area (Å²) in [4.78, 5) is 39.8. The Morgan fingerprint density at radius 3 is 2.43 bits per heavy atom. The highest BCUT2D eigenvalue weighted by molar-refractivity contribution is 6.05. The van der Waals surface area contributed by atoms with Gasteiger partial charge in [0.1, 0.15) is 0 Å². The van der Waals surface area contributed by atoms with E-state index in [0.717, 1.165) is 31.2 Å². The second-order valence-electron chi connectivity index (χ2n) is 8.09. The molecule has 30 heavy (non-hydrogen) atoms. The van der Waals surface area contributed by atoms with E-state index in [-0.39, 0.29) is 36.1 Å². The summed E-state index contributed by atoms with van der Waals surface area (Å²) in [6.07, 6.45) is 4.60. The number of likely N-dealkylation sites (tertiary alicyclic amines) is 1. The number of carbonyl (C=O) groups is 3. The van der Waals surface area contributed by atoms with Crippen molar-refractivity contribution >= 4 is 23.4 Å². The van der Waals surface area contributed by atoms with E-state index in [2.05, 4.69) is 10.6 Å². The van der Waals surface area contributed by atoms with Gasteiger partial charge in [-0.25, -0.2) is 0 Å². The second-order valence-corrected chi connectivity index (χ2v) is 8.09. The quantitative estimate of drug-likeness (QED) is 0.774. The van der Waals surface area contributed by atoms with E-state index in [4.69, 9.17) is 0 Å². The van der Waals surface area contributed by atoms with Crippen molar-refractivity contribution < 1.29 is 14.4 Å². The zero-order valence-corrected chi connectivity index (χ0v) is 17.0. The Morgan fingerprint density at radius 2 is 1.67 bits per heavy atom. The third-order valence-electron chi connectivity index (χ3n) is 6.02. The van der Waals surface area contributed by atoms with Crippen LogP contribution < -0.4 is 10.6 Å². The fourth-order valence-corrected chi connectivity index (χ4v) is 4.37. The maximum atomic E-state index is 12.9. The summed E-state index contributed by atoms with van der Waals surface area (Å²) in [5, 5.41) is 5.78. The van der Waals surface area contributed by atoms with Gasteiger partial charge in [-0.3, -0.25) is 14.4 Å². The molecule has 1 heterocycles. The van der Waals surface area contributed by atoms with E-state index in [0.29, 0.717) is 24.3 Å². The molecule has 1 saturated carbocycles. The SMILES string of the molecule is O=C(NCc1ccccc1)c1ccccc1NC(=O)C1CC(=O)N(C2CCCC2)C1. The summed E-state index contributed by atoms with van der Waals surface area (Å²) < 4.78 is 0. The number of anilines is 1. The van der Waals surface area contributed by atoms with Gasteiger partial charge in [0.2, 0.25) is 11.8 Å². The van der Waals surface area contributed by atoms with Gasteiger partial charge in [-0.15, -0.1) is 0 Å². The van der Waals surface area contributed by atoms with Crippen molar-refractivity contribution in [3.63, 3.8) is 0 Å². The number of rotatable bonds is 6. The van der Waals surface area contributed by atoms with Crippen LogP contribution in [0.4, 0.5) is 5.69 Å². The second kappa shape index (κ2) is 9.11. The molecule has 1 aliphatic heterocycles. The van der Waals surface area contributed by atoms with Crippen LogP contribution >= 0.6 is 0 Å². The molecule has 0 bridgehead atoms. The first-order valence-corrected chi connectivity index (χ1v) is 10.6. The minimum absolute atomic E-state index is 0.0657. The lowest BCUT2D eigenvalue weighted by atomic mass is 10.1. The first-order chi connectivity index (χ1) is 14.6. The van der Waals surface area contributed by atoms with Crippen LogP contribution in [-0.2, 0) is 16.1 Å². The molecule has 2 fully saturated rings. The molecule has 2 N–H and O–H groups in total. The first-order valence-electron chi connectivity index (χ1n) is 10.6. The third-order valence-corrected chi connectivity index (χ3v) is 6.02. The predicted molar refractivity (Wildman–Crippen MR) is 115 cm³/mol. The van der Waals surface area contributed by atoms with Crippen LogP contribution in [0.1, 0.15) is 48.0 Å². The Kier molecular flexibility index (Phi) is 6.12. The van der Waals surface area contributed by atoms with Gasteiger partial charge in [0, 0.05) is 25.6 Å². The van der Waals surface area contributed by atoms with Gasteiger partial charge in [-0.1, -0.05) is 55.3 Å². The fraction of sp³-hybridized carbons (Fsp3) is 0.375. The molecule has 0 aromatic heterocycles. The number of para-hydroxylation sites is 1. The average Bonchev–Trinajstić information content (AvgIpc) is 3.43. The molecule has 1 saturated heterocycles. The van der Waals surface area contributed by atoms with Gasteiger partial charge >= 0.3 is 0 Å². The molecule has 0 radical (unpaired) electrons. The van der Waals surface area contributed by atoms with Crippen molar-refractivity contribution in [3.05, 3.63) is 65.7 Å². The summed E-state index contributed by atoms with van der Waals surface area (Å²) >= 11 is 0. The number of amides is 3. The highest BCUT2D eigenvalue weighted by Crippen LogP contribution is 2.30. The van der Waals surface area contributed by atoms with E-state index in [1.807, 2.05) is 35.2 Å². The Labute approximate surface area is 176 Å². The number of hydrogen-bond acceptors (Lipinski definition) is 3. The van der Waals surface area contributed by atoms with Gasteiger partial charge in [-0.2, -0.15) is 0 Å². The zero-order chi connectivity index (χ0) is 20.9. The van der Waals surface area contributed by atoms with Crippen LogP contribution in [0, 0.1) is 5.92 Å². The number of nitrogens with zero attached hydrogens (tertiary/aromatic N) is 1. The van der Waals surface area contributed by atoms with Crippen molar-refractivity contribution in [2.45, 2.75) is 44.7 Å². The molecule has 6 heteroatoms. The minimum Gasteiger partial charge on any atom is -0.348 e. The maximum absolute atomic E-state index is 12.9. The third kappa shape index (κ3) is 4.53. The Bertz CT molecular complexity index is 922. The topological polar surface area (TPSA) is 78.5 Å². The van der Waals surface area contributed by atoms with E-state index in [9.17, 15) is 14.4 Å². The van der Waals surface area contributed by atoms with Crippen LogP contribution in [-0.4, -0.2) is 35.2 Å². The van der Waals surface area contributed by atoms with E-state index in [1.54, 1.807) is 24.3 Å². The number of carbonyl (C=O) groups excluding carboxylic acids is 3. The van der Waals surface area contributed by atoms with Gasteiger partial charge in [-0.05, 0) is 30.5 Å². The van der Waals surface area contributed by atoms with E-state index >= 15 is 0 Å². The van der Waals surface area contributed by atoms with Crippen LogP contribution in [0.2, 0.25) is 0 Å². The molecule has 4 rings (SSSR count). The number of hydrogen-bond donors (Lipinski definition) is 2. The summed E-state index contributed by atoms with van der Waals surface area (Å²) in [5.74, 6) is -0.758. The van der Waals surface area contributed by atoms with Crippen molar-refractivity contribution in [1.29, 1.82) is 0 Å². The monoisotopic (exact) mass is 405 g/mol. The van der Waals surface area contributed by atoms with Crippen LogP contribution in [0.3, 0.4) is 0 Å². The summed E-state index contributed by atoms with van der Waals surface area (Å²) in [6.45, 7) is 0.882. The lowest BCUT2D eigenvalue weighted by molar-refractivity contribution is -0.129. The summed E-state index contributed by atoms with van der Waals surface area (Å²) in [7, 11) is 0. The standard InChI is InChI=1S/C24H27N3O3/c28-22-14-18(16-27(22)19-10-4-5-11-19)23(29)26-21-13-7-6-12-20(21)24(30)25-15-17-8-2-1-3-9-17/h1-3,6-9,12-13,18-19H,4-5,10-11,14-16H2,(H,25,30)(H,26,29). The molecule has 1 atom stereocenters. The number of benzene rings is 2. The highest BCUT2D eigenvalue weighted by atomic mass is 16.2. The van der Waals surface area contributed by atoms with Crippen molar-refractivity contribution in [2.24, 2.45) is 5.92 Å². The normalized spacial score (nSPS) is 19.1. The molecule has 6 nitrogen and oxygen atoms in total. The molecular weight excluding hydrogens is 378 g/mol. The molecule has 2 aliphatic rings. The predicted octanol–water partition coefficient (Wildman–Crippen LogP) is 3.35. The molecule has 2 aromatic rings. The van der Waals surface area contributed by atoms with Crippen molar-refractivity contribution in [3.8, 4) is 0 Å². The molecule has 2 aromatic carbocycles. The van der Waals surface area contributed by atoms with Crippen LogP contribution in [0.15, 0.2) is 54.6 Å². The highest BCUT2D eigenvalue weighted by Gasteiger charge is 2.38. The maximum Gasteiger partial charge on any atom is 0.253 e. The van der Waals surface area contributed by atoms with Crippen molar-refractivity contribution in [1.82, 2.24) is 10.2 Å². The summed E-state index contributed by atoms with van der Waals surface area (Å²) in [6, 6.07) is 16.9. The Morgan fingerprint density at radius 1 is 0.967 bits per heavy atom. The van der Waals surface area contributed by atoms with Crippen LogP contribution in [0.5, 0.6) is 0 Å². The Balaban J connectivity index is 1.39. The molecule has 3 amide bonds. The number of nitrogens with one attached hydrogen (secondary N) is 2. The fourth-order valence-electron chi connectivity index (χ4n) is 4.37. The molecule has 1 unspecified atom stereocenters. The average molecular weight is 405 g/mol.